The molecule has 3 aromatic rings. The zero-order chi connectivity index (χ0) is 17.1. The van der Waals surface area contributed by atoms with Gasteiger partial charge in [0, 0.05) is 17.1 Å². The molecule has 0 N–H and O–H groups in total. The second kappa shape index (κ2) is 7.16. The van der Waals surface area contributed by atoms with Crippen LogP contribution in [0.1, 0.15) is 16.4 Å². The number of carbonyl (C=O) groups is 1. The van der Waals surface area contributed by atoms with Crippen molar-refractivity contribution >= 4 is 23.4 Å². The normalized spacial score (nSPS) is 14.2. The summed E-state index contributed by atoms with van der Waals surface area (Å²) in [4.78, 5) is 16.5. The van der Waals surface area contributed by atoms with Crippen LogP contribution in [0.15, 0.2) is 89.8 Å². The molecule has 2 nitrogen and oxygen atoms in total. The van der Waals surface area contributed by atoms with Crippen molar-refractivity contribution in [1.82, 2.24) is 0 Å². The Labute approximate surface area is 152 Å². The molecule has 124 valence electrons. The molecule has 1 unspecified atom stereocenters. The van der Waals surface area contributed by atoms with E-state index in [2.05, 4.69) is 24.3 Å². The maximum absolute atomic E-state index is 13.4. The van der Waals surface area contributed by atoms with Crippen LogP contribution < -0.4 is 4.90 Å². The van der Waals surface area contributed by atoms with Crippen molar-refractivity contribution in [3.05, 3.63) is 96.1 Å². The molecule has 4 rings (SSSR count). The van der Waals surface area contributed by atoms with E-state index in [0.29, 0.717) is 0 Å². The van der Waals surface area contributed by atoms with E-state index in [-0.39, 0.29) is 11.2 Å². The van der Waals surface area contributed by atoms with Gasteiger partial charge in [0.25, 0.3) is 0 Å². The Kier molecular flexibility index (Phi) is 4.57. The van der Waals surface area contributed by atoms with E-state index < -0.39 is 0 Å². The molecule has 0 saturated heterocycles. The van der Waals surface area contributed by atoms with Crippen molar-refractivity contribution in [2.24, 2.45) is 0 Å². The van der Waals surface area contributed by atoms with Gasteiger partial charge in [0.05, 0.1) is 0 Å². The van der Waals surface area contributed by atoms with Crippen LogP contribution in [0.4, 0.5) is 5.69 Å². The van der Waals surface area contributed by atoms with Gasteiger partial charge in [-0.3, -0.25) is 4.79 Å². The molecular formula is C22H19NOS. The van der Waals surface area contributed by atoms with E-state index in [0.717, 1.165) is 29.1 Å². The van der Waals surface area contributed by atoms with Gasteiger partial charge in [-0.15, -0.1) is 11.8 Å². The number of para-hydroxylation sites is 1. The molecule has 1 aliphatic rings. The number of amides is 1. The first-order chi connectivity index (χ1) is 12.3. The Morgan fingerprint density at radius 1 is 0.840 bits per heavy atom. The number of rotatable bonds is 4. The lowest BCUT2D eigenvalue weighted by atomic mass is 10.1. The van der Waals surface area contributed by atoms with E-state index in [1.165, 1.54) is 5.56 Å². The number of anilines is 1. The van der Waals surface area contributed by atoms with Crippen LogP contribution in [0.5, 0.6) is 0 Å². The van der Waals surface area contributed by atoms with Crippen molar-refractivity contribution in [2.45, 2.75) is 16.6 Å². The molecule has 1 aliphatic heterocycles. The second-order valence-electron chi connectivity index (χ2n) is 6.09. The minimum Gasteiger partial charge on any atom is -0.311 e. The van der Waals surface area contributed by atoms with E-state index in [4.69, 9.17) is 0 Å². The first-order valence-electron chi connectivity index (χ1n) is 8.49. The zero-order valence-electron chi connectivity index (χ0n) is 13.8. The van der Waals surface area contributed by atoms with E-state index >= 15 is 0 Å². The predicted octanol–water partition coefficient (Wildman–Crippen LogP) is 5.11. The smallest absolute Gasteiger partial charge is 0.244 e. The fraction of sp³-hybridized carbons (Fsp3) is 0.136. The Morgan fingerprint density at radius 2 is 1.48 bits per heavy atom. The van der Waals surface area contributed by atoms with Crippen molar-refractivity contribution in [3.63, 3.8) is 0 Å². The molecule has 1 heterocycles. The first-order valence-corrected chi connectivity index (χ1v) is 9.37. The maximum Gasteiger partial charge on any atom is 0.244 e. The molecule has 3 heteroatoms. The predicted molar refractivity (Wildman–Crippen MR) is 104 cm³/mol. The third kappa shape index (κ3) is 3.33. The summed E-state index contributed by atoms with van der Waals surface area (Å²) in [6.45, 7) is 0.761. The minimum atomic E-state index is -0.241. The molecule has 0 spiro atoms. The molecule has 1 atom stereocenters. The molecule has 0 aromatic heterocycles. The average Bonchev–Trinajstić information content (AvgIpc) is 3.11. The molecule has 3 aromatic carbocycles. The molecular weight excluding hydrogens is 326 g/mol. The maximum atomic E-state index is 13.4. The quantitative estimate of drug-likeness (QED) is 0.613. The first kappa shape index (κ1) is 16.0. The topological polar surface area (TPSA) is 20.3 Å². The lowest BCUT2D eigenvalue weighted by molar-refractivity contribution is -0.118. The highest BCUT2D eigenvalue weighted by Crippen LogP contribution is 2.39. The monoisotopic (exact) mass is 345 g/mol. The highest BCUT2D eigenvalue weighted by atomic mass is 32.2. The van der Waals surface area contributed by atoms with E-state index in [1.807, 2.05) is 65.6 Å². The fourth-order valence-electron chi connectivity index (χ4n) is 3.23. The van der Waals surface area contributed by atoms with Gasteiger partial charge < -0.3 is 4.90 Å². The number of carbonyl (C=O) groups excluding carboxylic acids is 1. The summed E-state index contributed by atoms with van der Waals surface area (Å²) in [6, 6.07) is 28.4. The summed E-state index contributed by atoms with van der Waals surface area (Å²) in [7, 11) is 0. The van der Waals surface area contributed by atoms with Gasteiger partial charge in [-0.25, -0.2) is 0 Å². The Hall–Kier alpha value is -2.52. The Morgan fingerprint density at radius 3 is 2.24 bits per heavy atom. The Balaban J connectivity index is 1.67. The number of hydrogen-bond donors (Lipinski definition) is 0. The number of benzene rings is 3. The molecule has 1 amide bonds. The number of thioether (sulfide) groups is 1. The summed E-state index contributed by atoms with van der Waals surface area (Å²) in [5.41, 5.74) is 3.36. The average molecular weight is 345 g/mol. The van der Waals surface area contributed by atoms with Crippen LogP contribution in [0.3, 0.4) is 0 Å². The van der Waals surface area contributed by atoms with Crippen LogP contribution in [-0.2, 0) is 11.2 Å². The zero-order valence-corrected chi connectivity index (χ0v) is 14.7. The summed E-state index contributed by atoms with van der Waals surface area (Å²) < 4.78 is 0. The van der Waals surface area contributed by atoms with E-state index in [9.17, 15) is 4.79 Å². The number of fused-ring (bicyclic) bond motifs is 1. The Bertz CT molecular complexity index is 863. The third-order valence-corrected chi connectivity index (χ3v) is 5.73. The summed E-state index contributed by atoms with van der Waals surface area (Å²) >= 11 is 1.62. The van der Waals surface area contributed by atoms with Gasteiger partial charge in [-0.2, -0.15) is 0 Å². The van der Waals surface area contributed by atoms with Crippen molar-refractivity contribution < 1.29 is 4.79 Å². The lowest BCUT2D eigenvalue weighted by Crippen LogP contribution is -2.32. The largest absolute Gasteiger partial charge is 0.311 e. The molecule has 0 saturated carbocycles. The van der Waals surface area contributed by atoms with Crippen molar-refractivity contribution in [3.8, 4) is 0 Å². The summed E-state index contributed by atoms with van der Waals surface area (Å²) in [6.07, 6.45) is 0.930. The van der Waals surface area contributed by atoms with Crippen LogP contribution in [0.2, 0.25) is 0 Å². The van der Waals surface area contributed by atoms with Gasteiger partial charge in [-0.1, -0.05) is 66.7 Å². The molecule has 0 radical (unpaired) electrons. The number of hydrogen-bond acceptors (Lipinski definition) is 2. The van der Waals surface area contributed by atoms with Gasteiger partial charge in [0.2, 0.25) is 5.91 Å². The third-order valence-electron chi connectivity index (χ3n) is 4.48. The van der Waals surface area contributed by atoms with Crippen LogP contribution in [-0.4, -0.2) is 12.5 Å². The van der Waals surface area contributed by atoms with Crippen LogP contribution >= 0.6 is 11.8 Å². The molecule has 0 fully saturated rings. The summed E-state index contributed by atoms with van der Waals surface area (Å²) in [5.74, 6) is 0.157. The van der Waals surface area contributed by atoms with Gasteiger partial charge in [-0.05, 0) is 35.7 Å². The highest BCUT2D eigenvalue weighted by Gasteiger charge is 2.31. The molecule has 0 bridgehead atoms. The standard InChI is InChI=1S/C22H19NOS/c24-22(23-16-15-17-9-7-8-14-20(17)23)21(18-10-3-1-4-11-18)25-19-12-5-2-6-13-19/h1-14,21H,15-16H2. The van der Waals surface area contributed by atoms with Gasteiger partial charge in [0.1, 0.15) is 5.25 Å². The summed E-state index contributed by atoms with van der Waals surface area (Å²) in [5, 5.41) is -0.241. The minimum absolute atomic E-state index is 0.157. The number of nitrogens with zero attached hydrogens (tertiary/aromatic N) is 1. The van der Waals surface area contributed by atoms with Crippen molar-refractivity contribution in [2.75, 3.05) is 11.4 Å². The second-order valence-corrected chi connectivity index (χ2v) is 7.27. The van der Waals surface area contributed by atoms with Gasteiger partial charge in [0.15, 0.2) is 0 Å². The SMILES string of the molecule is O=C(C(Sc1ccccc1)c1ccccc1)N1CCc2ccccc21. The fourth-order valence-corrected chi connectivity index (χ4v) is 4.34. The lowest BCUT2D eigenvalue weighted by Gasteiger charge is -2.24. The highest BCUT2D eigenvalue weighted by molar-refractivity contribution is 8.00. The molecule has 0 aliphatic carbocycles. The van der Waals surface area contributed by atoms with E-state index in [1.54, 1.807) is 11.8 Å². The van der Waals surface area contributed by atoms with Gasteiger partial charge >= 0.3 is 0 Å². The van der Waals surface area contributed by atoms with Crippen LogP contribution in [0.25, 0.3) is 0 Å². The van der Waals surface area contributed by atoms with Crippen LogP contribution in [0, 0.1) is 0 Å². The van der Waals surface area contributed by atoms with Crippen molar-refractivity contribution in [1.29, 1.82) is 0 Å². The molecule has 25 heavy (non-hydrogen) atoms.